The molecule has 1 amide bonds. The van der Waals surface area contributed by atoms with Crippen molar-refractivity contribution in [2.24, 2.45) is 5.73 Å². The van der Waals surface area contributed by atoms with Crippen LogP contribution in [0.25, 0.3) is 10.8 Å². The lowest BCUT2D eigenvalue weighted by molar-refractivity contribution is -0.118. The van der Waals surface area contributed by atoms with Crippen molar-refractivity contribution in [2.75, 3.05) is 18.8 Å². The molecule has 0 saturated carbocycles. The van der Waals surface area contributed by atoms with Crippen LogP contribution in [0.4, 0.5) is 0 Å². The van der Waals surface area contributed by atoms with E-state index < -0.39 is 0 Å². The fraction of sp³-hybridized carbons (Fsp3) is 0.312. The zero-order chi connectivity index (χ0) is 15.1. The topological polar surface area (TPSA) is 55.1 Å². The van der Waals surface area contributed by atoms with Crippen molar-refractivity contribution in [1.82, 2.24) is 5.32 Å². The molecule has 0 aromatic heterocycles. The van der Waals surface area contributed by atoms with Crippen molar-refractivity contribution in [3.8, 4) is 0 Å². The Morgan fingerprint density at radius 1 is 1.18 bits per heavy atom. The van der Waals surface area contributed by atoms with Gasteiger partial charge in [0.15, 0.2) is 0 Å². The minimum Gasteiger partial charge on any atom is -0.355 e. The van der Waals surface area contributed by atoms with Gasteiger partial charge in [0.25, 0.3) is 0 Å². The number of halogens is 2. The van der Waals surface area contributed by atoms with Crippen LogP contribution in [0.5, 0.6) is 0 Å². The quantitative estimate of drug-likeness (QED) is 0.583. The second-order valence-corrected chi connectivity index (χ2v) is 6.15. The Balaban J connectivity index is 0.00000242. The van der Waals surface area contributed by atoms with E-state index in [1.807, 2.05) is 36.4 Å². The van der Waals surface area contributed by atoms with Crippen molar-refractivity contribution in [3.63, 3.8) is 0 Å². The van der Waals surface area contributed by atoms with Crippen LogP contribution in [0, 0.1) is 0 Å². The van der Waals surface area contributed by atoms with Gasteiger partial charge in [0.05, 0.1) is 5.75 Å². The van der Waals surface area contributed by atoms with E-state index in [4.69, 9.17) is 17.3 Å². The van der Waals surface area contributed by atoms with Crippen molar-refractivity contribution in [2.45, 2.75) is 17.7 Å². The van der Waals surface area contributed by atoms with Gasteiger partial charge < -0.3 is 11.1 Å². The van der Waals surface area contributed by atoms with Crippen LogP contribution in [0.2, 0.25) is 5.02 Å². The molecule has 3 N–H and O–H groups in total. The summed E-state index contributed by atoms with van der Waals surface area (Å²) in [5.41, 5.74) is 5.42. The first-order valence-corrected chi connectivity index (χ1v) is 8.35. The summed E-state index contributed by atoms with van der Waals surface area (Å²) < 4.78 is 0. The molecule has 0 spiro atoms. The molecule has 22 heavy (non-hydrogen) atoms. The van der Waals surface area contributed by atoms with Gasteiger partial charge in [-0.3, -0.25) is 4.79 Å². The normalized spacial score (nSPS) is 10.3. The number of amides is 1. The Kier molecular flexibility index (Phi) is 8.64. The zero-order valence-electron chi connectivity index (χ0n) is 12.2. The van der Waals surface area contributed by atoms with Crippen LogP contribution in [-0.2, 0) is 4.79 Å². The molecule has 0 aliphatic rings. The number of rotatable bonds is 7. The molecule has 0 aliphatic carbocycles. The molecular formula is C16H20Cl2N2OS. The van der Waals surface area contributed by atoms with E-state index >= 15 is 0 Å². The molecule has 2 aromatic carbocycles. The number of benzene rings is 2. The molecule has 0 unspecified atom stereocenters. The average molecular weight is 359 g/mol. The van der Waals surface area contributed by atoms with Crippen LogP contribution >= 0.6 is 35.8 Å². The highest BCUT2D eigenvalue weighted by Gasteiger charge is 2.08. The smallest absolute Gasteiger partial charge is 0.230 e. The Hall–Kier alpha value is -0.940. The van der Waals surface area contributed by atoms with Crippen LogP contribution < -0.4 is 11.1 Å². The van der Waals surface area contributed by atoms with Crippen LogP contribution in [-0.4, -0.2) is 24.7 Å². The first kappa shape index (κ1) is 19.1. The molecule has 0 fully saturated rings. The van der Waals surface area contributed by atoms with E-state index in [1.54, 1.807) is 0 Å². The van der Waals surface area contributed by atoms with E-state index in [2.05, 4.69) is 5.32 Å². The Morgan fingerprint density at radius 3 is 2.64 bits per heavy atom. The maximum Gasteiger partial charge on any atom is 0.230 e. The molecule has 0 bridgehead atoms. The number of nitrogens with two attached hydrogens (primary N) is 1. The van der Waals surface area contributed by atoms with E-state index in [1.165, 1.54) is 11.8 Å². The predicted octanol–water partition coefficient (Wildman–Crippen LogP) is 3.86. The Bertz CT molecular complexity index is 617. The van der Waals surface area contributed by atoms with E-state index in [9.17, 15) is 4.79 Å². The summed E-state index contributed by atoms with van der Waals surface area (Å²) in [6, 6.07) is 11.8. The molecule has 0 atom stereocenters. The van der Waals surface area contributed by atoms with Crippen molar-refractivity contribution in [1.29, 1.82) is 0 Å². The summed E-state index contributed by atoms with van der Waals surface area (Å²) in [4.78, 5) is 12.8. The van der Waals surface area contributed by atoms with Gasteiger partial charge in [-0.1, -0.05) is 35.9 Å². The highest BCUT2D eigenvalue weighted by Crippen LogP contribution is 2.32. The highest BCUT2D eigenvalue weighted by atomic mass is 35.5. The molecule has 0 heterocycles. The molecule has 0 aliphatic heterocycles. The SMILES string of the molecule is Cl.NCCCCNC(=O)CSc1cccc2cccc(Cl)c12. The van der Waals surface area contributed by atoms with Crippen LogP contribution in [0.1, 0.15) is 12.8 Å². The van der Waals surface area contributed by atoms with Crippen molar-refractivity contribution in [3.05, 3.63) is 41.4 Å². The first-order valence-electron chi connectivity index (χ1n) is 6.99. The van der Waals surface area contributed by atoms with Crippen LogP contribution in [0.3, 0.4) is 0 Å². The number of fused-ring (bicyclic) bond motifs is 1. The standard InChI is InChI=1S/C16H19ClN2OS.ClH/c17-13-7-3-5-12-6-4-8-14(16(12)13)21-11-15(20)19-10-2-1-9-18;/h3-8H,1-2,9-11,18H2,(H,19,20);1H. The van der Waals surface area contributed by atoms with Gasteiger partial charge in [0, 0.05) is 21.8 Å². The number of hydrogen-bond donors (Lipinski definition) is 2. The van der Waals surface area contributed by atoms with Crippen molar-refractivity contribution < 1.29 is 4.79 Å². The van der Waals surface area contributed by atoms with E-state index in [0.29, 0.717) is 18.8 Å². The number of carbonyl (C=O) groups excluding carboxylic acids is 1. The maximum absolute atomic E-state index is 11.8. The summed E-state index contributed by atoms with van der Waals surface area (Å²) in [5.74, 6) is 0.438. The Labute approximate surface area is 146 Å². The first-order chi connectivity index (χ1) is 10.2. The minimum atomic E-state index is 0. The number of nitrogens with one attached hydrogen (secondary N) is 1. The van der Waals surface area contributed by atoms with Gasteiger partial charge in [-0.15, -0.1) is 24.2 Å². The van der Waals surface area contributed by atoms with E-state index in [-0.39, 0.29) is 18.3 Å². The van der Waals surface area contributed by atoms with Crippen LogP contribution in [0.15, 0.2) is 41.3 Å². The molecule has 6 heteroatoms. The van der Waals surface area contributed by atoms with Gasteiger partial charge in [-0.25, -0.2) is 0 Å². The molecule has 2 rings (SSSR count). The second kappa shape index (κ2) is 9.95. The summed E-state index contributed by atoms with van der Waals surface area (Å²) in [7, 11) is 0. The fourth-order valence-electron chi connectivity index (χ4n) is 2.07. The van der Waals surface area contributed by atoms with Crippen molar-refractivity contribution >= 4 is 52.4 Å². The lowest BCUT2D eigenvalue weighted by Gasteiger charge is -2.08. The third-order valence-electron chi connectivity index (χ3n) is 3.13. The monoisotopic (exact) mass is 358 g/mol. The van der Waals surface area contributed by atoms with Gasteiger partial charge in [0.1, 0.15) is 0 Å². The fourth-order valence-corrected chi connectivity index (χ4v) is 3.35. The Morgan fingerprint density at radius 2 is 1.91 bits per heavy atom. The summed E-state index contributed by atoms with van der Waals surface area (Å²) >= 11 is 7.78. The molecule has 0 radical (unpaired) electrons. The van der Waals surface area contributed by atoms with Gasteiger partial charge in [0.2, 0.25) is 5.91 Å². The lowest BCUT2D eigenvalue weighted by atomic mass is 10.1. The zero-order valence-corrected chi connectivity index (χ0v) is 14.6. The van der Waals surface area contributed by atoms with E-state index in [0.717, 1.165) is 33.5 Å². The van der Waals surface area contributed by atoms with Gasteiger partial charge >= 0.3 is 0 Å². The molecule has 120 valence electrons. The molecule has 2 aromatic rings. The highest BCUT2D eigenvalue weighted by molar-refractivity contribution is 8.00. The number of carbonyl (C=O) groups is 1. The number of thioether (sulfide) groups is 1. The summed E-state index contributed by atoms with van der Waals surface area (Å²) in [6.07, 6.45) is 1.86. The van der Waals surface area contributed by atoms with Gasteiger partial charge in [-0.2, -0.15) is 0 Å². The maximum atomic E-state index is 11.8. The average Bonchev–Trinajstić information content (AvgIpc) is 2.49. The second-order valence-electron chi connectivity index (χ2n) is 4.73. The lowest BCUT2D eigenvalue weighted by Crippen LogP contribution is -2.26. The third kappa shape index (κ3) is 5.36. The van der Waals surface area contributed by atoms with Gasteiger partial charge in [-0.05, 0) is 36.9 Å². The molecule has 0 saturated heterocycles. The molecular weight excluding hydrogens is 339 g/mol. The predicted molar refractivity (Wildman–Crippen MR) is 98.2 cm³/mol. The third-order valence-corrected chi connectivity index (χ3v) is 4.50. The summed E-state index contributed by atoms with van der Waals surface area (Å²) in [6.45, 7) is 1.35. The summed E-state index contributed by atoms with van der Waals surface area (Å²) in [5, 5.41) is 5.73. The number of unbranched alkanes of at least 4 members (excludes halogenated alkanes) is 1. The minimum absolute atomic E-state index is 0. The largest absolute Gasteiger partial charge is 0.355 e. The molecule has 3 nitrogen and oxygen atoms in total. The number of hydrogen-bond acceptors (Lipinski definition) is 3.